The molecule has 0 aliphatic rings. The Morgan fingerprint density at radius 3 is 2.59 bits per heavy atom. The zero-order valence-corrected chi connectivity index (χ0v) is 16.3. The third kappa shape index (κ3) is 4.24. The van der Waals surface area contributed by atoms with E-state index in [4.69, 9.17) is 4.74 Å². The lowest BCUT2D eigenvalue weighted by Gasteiger charge is -2.08. The molecule has 1 aromatic carbocycles. The van der Waals surface area contributed by atoms with Crippen LogP contribution in [0, 0.1) is 0 Å². The summed E-state index contributed by atoms with van der Waals surface area (Å²) in [5, 5.41) is 4.73. The topological polar surface area (TPSA) is 69.0 Å². The van der Waals surface area contributed by atoms with Gasteiger partial charge in [-0.3, -0.25) is 4.79 Å². The fraction of sp³-hybridized carbons (Fsp3) is 0. The summed E-state index contributed by atoms with van der Waals surface area (Å²) in [6.07, 6.45) is 5.25. The van der Waals surface area contributed by atoms with E-state index in [1.807, 2.05) is 34.5 Å². The third-order valence-electron chi connectivity index (χ3n) is 3.62. The molecule has 8 heteroatoms. The lowest BCUT2D eigenvalue weighted by Crippen LogP contribution is -2.09. The molecule has 3 heterocycles. The van der Waals surface area contributed by atoms with Gasteiger partial charge < -0.3 is 14.6 Å². The molecule has 0 unspecified atom stereocenters. The fourth-order valence-corrected chi connectivity index (χ4v) is 3.69. The number of thiophene rings is 1. The normalized spacial score (nSPS) is 10.6. The highest BCUT2D eigenvalue weighted by Gasteiger charge is 2.09. The van der Waals surface area contributed by atoms with Crippen molar-refractivity contribution in [1.82, 2.24) is 14.5 Å². The molecule has 0 aliphatic carbocycles. The Kier molecular flexibility index (Phi) is 4.99. The minimum atomic E-state index is -0.147. The van der Waals surface area contributed by atoms with E-state index in [9.17, 15) is 4.79 Å². The van der Waals surface area contributed by atoms with Crippen molar-refractivity contribution < 1.29 is 9.53 Å². The van der Waals surface area contributed by atoms with E-state index in [0.29, 0.717) is 22.2 Å². The summed E-state index contributed by atoms with van der Waals surface area (Å²) in [5.74, 6) is 1.63. The monoisotopic (exact) mass is 440 g/mol. The molecule has 0 atom stereocenters. The highest BCUT2D eigenvalue weighted by atomic mass is 79.9. The number of amides is 1. The molecule has 3 aromatic heterocycles. The summed E-state index contributed by atoms with van der Waals surface area (Å²) in [5.41, 5.74) is 0.688. The molecule has 1 N–H and O–H groups in total. The average molecular weight is 441 g/mol. The van der Waals surface area contributed by atoms with Crippen LogP contribution >= 0.6 is 27.3 Å². The number of halogens is 1. The summed E-state index contributed by atoms with van der Waals surface area (Å²) < 4.78 is 8.55. The Bertz CT molecular complexity index is 1060. The number of rotatable bonds is 5. The molecule has 4 aromatic rings. The molecule has 27 heavy (non-hydrogen) atoms. The lowest BCUT2D eigenvalue weighted by atomic mass is 10.3. The second-order valence-corrected chi connectivity index (χ2v) is 7.34. The van der Waals surface area contributed by atoms with Crippen molar-refractivity contribution in [3.8, 4) is 17.4 Å². The Hall–Kier alpha value is -2.97. The number of aromatic nitrogens is 3. The highest BCUT2D eigenvalue weighted by molar-refractivity contribution is 9.10. The first-order valence-electron chi connectivity index (χ1n) is 7.96. The van der Waals surface area contributed by atoms with Gasteiger partial charge in [0, 0.05) is 34.0 Å². The van der Waals surface area contributed by atoms with Gasteiger partial charge in [-0.25, -0.2) is 9.97 Å². The largest absolute Gasteiger partial charge is 0.439 e. The molecule has 0 saturated heterocycles. The van der Waals surface area contributed by atoms with Gasteiger partial charge in [-0.1, -0.05) is 0 Å². The van der Waals surface area contributed by atoms with Crippen molar-refractivity contribution in [2.75, 3.05) is 5.32 Å². The van der Waals surface area contributed by atoms with E-state index in [1.165, 1.54) is 17.7 Å². The Morgan fingerprint density at radius 2 is 1.89 bits per heavy atom. The number of nitrogens with zero attached hydrogens (tertiary/aromatic N) is 3. The molecule has 0 saturated carbocycles. The number of carbonyl (C=O) groups excluding carboxylic acids is 1. The summed E-state index contributed by atoms with van der Waals surface area (Å²) in [4.78, 5) is 21.2. The van der Waals surface area contributed by atoms with Crippen molar-refractivity contribution in [3.63, 3.8) is 0 Å². The van der Waals surface area contributed by atoms with E-state index in [-0.39, 0.29) is 5.91 Å². The van der Waals surface area contributed by atoms with E-state index >= 15 is 0 Å². The highest BCUT2D eigenvalue weighted by Crippen LogP contribution is 2.24. The fourth-order valence-electron chi connectivity index (χ4n) is 2.37. The molecule has 4 rings (SSSR count). The Morgan fingerprint density at radius 1 is 1.11 bits per heavy atom. The van der Waals surface area contributed by atoms with E-state index < -0.39 is 0 Å². The minimum absolute atomic E-state index is 0.147. The zero-order valence-electron chi connectivity index (χ0n) is 13.9. The quantitative estimate of drug-likeness (QED) is 0.466. The second kappa shape index (κ2) is 7.73. The molecule has 0 aliphatic heterocycles. The maximum Gasteiger partial charge on any atom is 0.265 e. The van der Waals surface area contributed by atoms with Gasteiger partial charge in [-0.2, -0.15) is 0 Å². The van der Waals surface area contributed by atoms with Crippen LogP contribution in [0.3, 0.4) is 0 Å². The molecule has 0 radical (unpaired) electrons. The van der Waals surface area contributed by atoms with Crippen LogP contribution in [0.2, 0.25) is 0 Å². The number of nitrogens with one attached hydrogen (secondary N) is 1. The SMILES string of the molecule is O=C(Nc1ccc(Oc2cc(-n3cccc3)ncn2)cc1)c1cc(Br)cs1. The number of anilines is 1. The number of ether oxygens (including phenoxy) is 1. The van der Waals surface area contributed by atoms with Crippen molar-refractivity contribution >= 4 is 38.9 Å². The van der Waals surface area contributed by atoms with Gasteiger partial charge >= 0.3 is 0 Å². The molecule has 1 amide bonds. The smallest absolute Gasteiger partial charge is 0.265 e. The van der Waals surface area contributed by atoms with Crippen molar-refractivity contribution in [1.29, 1.82) is 0 Å². The first-order chi connectivity index (χ1) is 13.2. The molecular formula is C19H13BrN4O2S. The van der Waals surface area contributed by atoms with Gasteiger partial charge in [-0.05, 0) is 58.4 Å². The summed E-state index contributed by atoms with van der Waals surface area (Å²) in [7, 11) is 0. The van der Waals surface area contributed by atoms with Crippen LogP contribution in [0.15, 0.2) is 77.1 Å². The van der Waals surface area contributed by atoms with Crippen molar-refractivity contribution in [2.24, 2.45) is 0 Å². The van der Waals surface area contributed by atoms with Crippen LogP contribution in [0.1, 0.15) is 9.67 Å². The minimum Gasteiger partial charge on any atom is -0.439 e. The van der Waals surface area contributed by atoms with Gasteiger partial charge in [0.25, 0.3) is 5.91 Å². The van der Waals surface area contributed by atoms with Gasteiger partial charge in [0.15, 0.2) is 0 Å². The average Bonchev–Trinajstić information content (AvgIpc) is 3.35. The second-order valence-electron chi connectivity index (χ2n) is 5.51. The van der Waals surface area contributed by atoms with Crippen molar-refractivity contribution in [2.45, 2.75) is 0 Å². The molecule has 0 spiro atoms. The van der Waals surface area contributed by atoms with Gasteiger partial charge in [0.2, 0.25) is 5.88 Å². The van der Waals surface area contributed by atoms with E-state index in [1.54, 1.807) is 36.4 Å². The number of hydrogen-bond acceptors (Lipinski definition) is 5. The molecule has 0 fully saturated rings. The maximum absolute atomic E-state index is 12.2. The molecular weight excluding hydrogens is 428 g/mol. The van der Waals surface area contributed by atoms with Crippen molar-refractivity contribution in [3.05, 3.63) is 82.0 Å². The maximum atomic E-state index is 12.2. The van der Waals surface area contributed by atoms with Crippen LogP contribution in [0.25, 0.3) is 5.82 Å². The zero-order chi connectivity index (χ0) is 18.6. The van der Waals surface area contributed by atoms with Crippen LogP contribution in [-0.2, 0) is 0 Å². The van der Waals surface area contributed by atoms with Gasteiger partial charge in [-0.15, -0.1) is 11.3 Å². The number of hydrogen-bond donors (Lipinski definition) is 1. The summed E-state index contributed by atoms with van der Waals surface area (Å²) in [6, 6.07) is 14.5. The van der Waals surface area contributed by atoms with E-state index in [0.717, 1.165) is 10.3 Å². The standard InChI is InChI=1S/C19H13BrN4O2S/c20-13-9-16(27-11-13)19(25)23-14-3-5-15(6-4-14)26-18-10-17(21-12-22-18)24-7-1-2-8-24/h1-12H,(H,23,25). The Labute approximate surface area is 167 Å². The predicted molar refractivity (Wildman–Crippen MR) is 108 cm³/mol. The number of carbonyl (C=O) groups is 1. The molecule has 0 bridgehead atoms. The molecule has 134 valence electrons. The van der Waals surface area contributed by atoms with Crippen LogP contribution < -0.4 is 10.1 Å². The lowest BCUT2D eigenvalue weighted by molar-refractivity contribution is 0.103. The van der Waals surface area contributed by atoms with Gasteiger partial charge in [0.1, 0.15) is 17.9 Å². The van der Waals surface area contributed by atoms with Crippen LogP contribution in [-0.4, -0.2) is 20.4 Å². The number of benzene rings is 1. The van der Waals surface area contributed by atoms with E-state index in [2.05, 4.69) is 31.2 Å². The van der Waals surface area contributed by atoms with Gasteiger partial charge in [0.05, 0.1) is 4.88 Å². The first kappa shape index (κ1) is 17.4. The third-order valence-corrected chi connectivity index (χ3v) is 5.31. The van der Waals surface area contributed by atoms with Crippen LogP contribution in [0.5, 0.6) is 11.6 Å². The molecule has 6 nitrogen and oxygen atoms in total. The Balaban J connectivity index is 1.44. The first-order valence-corrected chi connectivity index (χ1v) is 9.63. The summed E-state index contributed by atoms with van der Waals surface area (Å²) in [6.45, 7) is 0. The summed E-state index contributed by atoms with van der Waals surface area (Å²) >= 11 is 4.73. The van der Waals surface area contributed by atoms with Crippen LogP contribution in [0.4, 0.5) is 5.69 Å². The predicted octanol–water partition coefficient (Wildman–Crippen LogP) is 5.14.